The van der Waals surface area contributed by atoms with E-state index in [9.17, 15) is 0 Å². The highest BCUT2D eigenvalue weighted by Crippen LogP contribution is 2.29. The molecule has 0 amide bonds. The van der Waals surface area contributed by atoms with Gasteiger partial charge in [-0.05, 0) is 49.8 Å². The molecule has 4 heteroatoms. The molecule has 2 aromatic rings. The van der Waals surface area contributed by atoms with Gasteiger partial charge in [0, 0.05) is 24.5 Å². The van der Waals surface area contributed by atoms with E-state index in [1.54, 1.807) is 0 Å². The van der Waals surface area contributed by atoms with Crippen molar-refractivity contribution in [1.29, 1.82) is 0 Å². The Kier molecular flexibility index (Phi) is 3.54. The van der Waals surface area contributed by atoms with Gasteiger partial charge in [0.1, 0.15) is 5.82 Å². The Bertz CT molecular complexity index is 622. The van der Waals surface area contributed by atoms with Crippen molar-refractivity contribution in [2.24, 2.45) is 0 Å². The monoisotopic (exact) mass is 268 g/mol. The molecular weight excluding hydrogens is 248 g/mol. The van der Waals surface area contributed by atoms with Crippen molar-refractivity contribution in [1.82, 2.24) is 9.97 Å². The van der Waals surface area contributed by atoms with E-state index in [4.69, 9.17) is 0 Å². The number of fused-ring (bicyclic) bond motifs is 1. The smallest absolute Gasteiger partial charge is 0.224 e. The maximum absolute atomic E-state index is 4.46. The zero-order chi connectivity index (χ0) is 13.9. The van der Waals surface area contributed by atoms with Crippen LogP contribution in [0.5, 0.6) is 0 Å². The summed E-state index contributed by atoms with van der Waals surface area (Å²) in [5, 5.41) is 6.45. The first kappa shape index (κ1) is 12.9. The van der Waals surface area contributed by atoms with Gasteiger partial charge in [0.25, 0.3) is 0 Å². The van der Waals surface area contributed by atoms with Gasteiger partial charge in [-0.3, -0.25) is 0 Å². The molecule has 0 aliphatic heterocycles. The molecule has 0 radical (unpaired) electrons. The zero-order valence-electron chi connectivity index (χ0n) is 12.0. The molecule has 0 saturated carbocycles. The number of hydrogen-bond acceptors (Lipinski definition) is 4. The van der Waals surface area contributed by atoms with E-state index < -0.39 is 0 Å². The predicted molar refractivity (Wildman–Crippen MR) is 82.7 cm³/mol. The normalized spacial score (nSPS) is 13.7. The summed E-state index contributed by atoms with van der Waals surface area (Å²) in [4.78, 5) is 8.78. The quantitative estimate of drug-likeness (QED) is 0.895. The van der Waals surface area contributed by atoms with Gasteiger partial charge in [0.15, 0.2) is 0 Å². The number of rotatable bonds is 3. The summed E-state index contributed by atoms with van der Waals surface area (Å²) in [6, 6.07) is 8.48. The van der Waals surface area contributed by atoms with Crippen LogP contribution >= 0.6 is 0 Å². The van der Waals surface area contributed by atoms with E-state index in [0.717, 1.165) is 17.9 Å². The Labute approximate surface area is 119 Å². The lowest BCUT2D eigenvalue weighted by Gasteiger charge is -2.20. The maximum Gasteiger partial charge on any atom is 0.224 e. The minimum absolute atomic E-state index is 0.650. The third-order valence-corrected chi connectivity index (χ3v) is 3.74. The topological polar surface area (TPSA) is 49.8 Å². The zero-order valence-corrected chi connectivity index (χ0v) is 12.0. The van der Waals surface area contributed by atoms with Gasteiger partial charge in [-0.15, -0.1) is 0 Å². The van der Waals surface area contributed by atoms with E-state index in [1.165, 1.54) is 36.1 Å². The Morgan fingerprint density at radius 1 is 1.10 bits per heavy atom. The van der Waals surface area contributed by atoms with E-state index >= 15 is 0 Å². The molecule has 1 aromatic carbocycles. The first-order valence-electron chi connectivity index (χ1n) is 7.17. The van der Waals surface area contributed by atoms with Crippen LogP contribution in [0, 0.1) is 6.92 Å². The van der Waals surface area contributed by atoms with Crippen molar-refractivity contribution in [2.45, 2.75) is 32.6 Å². The van der Waals surface area contributed by atoms with Gasteiger partial charge in [0.2, 0.25) is 5.95 Å². The summed E-state index contributed by atoms with van der Waals surface area (Å²) in [5.41, 5.74) is 5.06. The van der Waals surface area contributed by atoms with E-state index in [1.807, 2.05) is 20.0 Å². The van der Waals surface area contributed by atoms with Crippen LogP contribution in [-0.4, -0.2) is 17.0 Å². The average Bonchev–Trinajstić information content (AvgIpc) is 2.47. The van der Waals surface area contributed by atoms with Crippen LogP contribution in [0.15, 0.2) is 24.3 Å². The number of hydrogen-bond donors (Lipinski definition) is 2. The lowest BCUT2D eigenvalue weighted by molar-refractivity contribution is 0.687. The summed E-state index contributed by atoms with van der Waals surface area (Å²) < 4.78 is 0. The van der Waals surface area contributed by atoms with Gasteiger partial charge < -0.3 is 10.6 Å². The molecule has 1 aliphatic carbocycles. The molecule has 20 heavy (non-hydrogen) atoms. The van der Waals surface area contributed by atoms with Crippen LogP contribution < -0.4 is 10.6 Å². The molecule has 1 aliphatic rings. The molecule has 0 fully saturated rings. The number of nitrogens with zero attached hydrogens (tertiary/aromatic N) is 2. The molecule has 104 valence electrons. The minimum Gasteiger partial charge on any atom is -0.357 e. The Hall–Kier alpha value is -2.10. The molecule has 2 N–H and O–H groups in total. The maximum atomic E-state index is 4.46. The molecule has 1 heterocycles. The molecule has 0 spiro atoms. The van der Waals surface area contributed by atoms with Crippen LogP contribution in [0.4, 0.5) is 17.5 Å². The summed E-state index contributed by atoms with van der Waals surface area (Å²) >= 11 is 0. The second-order valence-corrected chi connectivity index (χ2v) is 5.24. The highest BCUT2D eigenvalue weighted by Gasteiger charge is 2.13. The number of anilines is 3. The lowest BCUT2D eigenvalue weighted by atomic mass is 9.90. The fraction of sp³-hybridized carbons (Fsp3) is 0.375. The predicted octanol–water partition coefficient (Wildman–Crippen LogP) is 3.45. The van der Waals surface area contributed by atoms with E-state index in [2.05, 4.69) is 38.8 Å². The molecular formula is C16H20N4. The molecule has 0 unspecified atom stereocenters. The SMILES string of the molecule is CNc1nc(C)cc(Nc2cccc3c2CCCC3)n1. The summed E-state index contributed by atoms with van der Waals surface area (Å²) in [5.74, 6) is 1.50. The second kappa shape index (κ2) is 5.49. The molecule has 3 rings (SSSR count). The average molecular weight is 268 g/mol. The van der Waals surface area contributed by atoms with Gasteiger partial charge in [-0.25, -0.2) is 4.98 Å². The van der Waals surface area contributed by atoms with Gasteiger partial charge in [-0.1, -0.05) is 12.1 Å². The molecule has 0 atom stereocenters. The van der Waals surface area contributed by atoms with Crippen molar-refractivity contribution in [2.75, 3.05) is 17.7 Å². The summed E-state index contributed by atoms with van der Waals surface area (Å²) in [6.45, 7) is 1.98. The summed E-state index contributed by atoms with van der Waals surface area (Å²) in [6.07, 6.45) is 4.92. The molecule has 1 aromatic heterocycles. The Morgan fingerprint density at radius 3 is 2.80 bits per heavy atom. The lowest BCUT2D eigenvalue weighted by Crippen LogP contribution is -2.07. The van der Waals surface area contributed by atoms with Crippen LogP contribution in [0.2, 0.25) is 0 Å². The minimum atomic E-state index is 0.650. The largest absolute Gasteiger partial charge is 0.357 e. The van der Waals surface area contributed by atoms with Crippen molar-refractivity contribution in [3.05, 3.63) is 41.1 Å². The van der Waals surface area contributed by atoms with E-state index in [-0.39, 0.29) is 0 Å². The van der Waals surface area contributed by atoms with Crippen molar-refractivity contribution < 1.29 is 0 Å². The molecule has 4 nitrogen and oxygen atoms in total. The number of nitrogens with one attached hydrogen (secondary N) is 2. The van der Waals surface area contributed by atoms with Crippen molar-refractivity contribution in [3.8, 4) is 0 Å². The van der Waals surface area contributed by atoms with Crippen molar-refractivity contribution in [3.63, 3.8) is 0 Å². The standard InChI is InChI=1S/C16H20N4/c1-11-10-15(20-16(17-2)18-11)19-14-9-5-7-12-6-3-4-8-13(12)14/h5,7,9-10H,3-4,6,8H2,1-2H3,(H2,17,18,19,20). The van der Waals surface area contributed by atoms with Crippen molar-refractivity contribution >= 4 is 17.5 Å². The fourth-order valence-corrected chi connectivity index (χ4v) is 2.78. The highest BCUT2D eigenvalue weighted by molar-refractivity contribution is 5.63. The Balaban J connectivity index is 1.93. The number of aromatic nitrogens is 2. The van der Waals surface area contributed by atoms with Gasteiger partial charge in [-0.2, -0.15) is 4.98 Å². The Morgan fingerprint density at radius 2 is 1.95 bits per heavy atom. The summed E-state index contributed by atoms with van der Waals surface area (Å²) in [7, 11) is 1.84. The highest BCUT2D eigenvalue weighted by atomic mass is 15.1. The number of benzene rings is 1. The van der Waals surface area contributed by atoms with Gasteiger partial charge >= 0.3 is 0 Å². The van der Waals surface area contributed by atoms with E-state index in [0.29, 0.717) is 5.95 Å². The van der Waals surface area contributed by atoms with Gasteiger partial charge in [0.05, 0.1) is 0 Å². The third-order valence-electron chi connectivity index (χ3n) is 3.74. The molecule has 0 bridgehead atoms. The van der Waals surface area contributed by atoms with Crippen LogP contribution in [0.1, 0.15) is 29.7 Å². The van der Waals surface area contributed by atoms with Crippen LogP contribution in [0.25, 0.3) is 0 Å². The fourth-order valence-electron chi connectivity index (χ4n) is 2.78. The third kappa shape index (κ3) is 2.59. The molecule has 0 saturated heterocycles. The number of aryl methyl sites for hydroxylation is 2. The van der Waals surface area contributed by atoms with Crippen LogP contribution in [0.3, 0.4) is 0 Å². The second-order valence-electron chi connectivity index (χ2n) is 5.24. The van der Waals surface area contributed by atoms with Crippen LogP contribution in [-0.2, 0) is 12.8 Å². The first-order valence-corrected chi connectivity index (χ1v) is 7.17. The first-order chi connectivity index (χ1) is 9.76.